The first-order valence-electron chi connectivity index (χ1n) is 7.64. The zero-order valence-corrected chi connectivity index (χ0v) is 12.6. The van der Waals surface area contributed by atoms with Crippen molar-refractivity contribution >= 4 is 11.4 Å². The highest BCUT2D eigenvalue weighted by Crippen LogP contribution is 2.41. The van der Waals surface area contributed by atoms with E-state index in [1.54, 1.807) is 0 Å². The number of aliphatic imine (C=N–C) groups is 1. The van der Waals surface area contributed by atoms with Crippen molar-refractivity contribution in [1.29, 1.82) is 0 Å². The Morgan fingerprint density at radius 3 is 2.36 bits per heavy atom. The summed E-state index contributed by atoms with van der Waals surface area (Å²) in [5.41, 5.74) is 8.76. The molecule has 0 fully saturated rings. The Hall–Kier alpha value is -2.67. The van der Waals surface area contributed by atoms with E-state index in [1.807, 2.05) is 6.07 Å². The normalized spacial score (nSPS) is 12.9. The molecule has 0 unspecified atom stereocenters. The van der Waals surface area contributed by atoms with Crippen LogP contribution in [0.15, 0.2) is 77.8 Å². The van der Waals surface area contributed by atoms with Gasteiger partial charge in [-0.25, -0.2) is 0 Å². The van der Waals surface area contributed by atoms with Crippen LogP contribution in [0.1, 0.15) is 23.6 Å². The first-order valence-corrected chi connectivity index (χ1v) is 7.64. The molecule has 0 aliphatic heterocycles. The summed E-state index contributed by atoms with van der Waals surface area (Å²) in [5.74, 6) is 0. The third kappa shape index (κ3) is 2.15. The fourth-order valence-corrected chi connectivity index (χ4v) is 3.17. The van der Waals surface area contributed by atoms with Crippen LogP contribution in [-0.4, -0.2) is 5.71 Å². The topological polar surface area (TPSA) is 12.4 Å². The van der Waals surface area contributed by atoms with Crippen molar-refractivity contribution < 1.29 is 0 Å². The number of nitrogens with zero attached hydrogens (tertiary/aromatic N) is 1. The van der Waals surface area contributed by atoms with Crippen LogP contribution in [0.5, 0.6) is 0 Å². The molecule has 0 bridgehead atoms. The van der Waals surface area contributed by atoms with Gasteiger partial charge in [0.2, 0.25) is 0 Å². The highest BCUT2D eigenvalue weighted by atomic mass is 14.7. The zero-order chi connectivity index (χ0) is 14.9. The van der Waals surface area contributed by atoms with Gasteiger partial charge in [0.1, 0.15) is 0 Å². The summed E-state index contributed by atoms with van der Waals surface area (Å²) in [6.45, 7) is 2.08. The molecule has 0 N–H and O–H groups in total. The fraction of sp³-hybridized carbons (Fsp3) is 0.0952. The van der Waals surface area contributed by atoms with Crippen LogP contribution in [0.25, 0.3) is 11.1 Å². The molecule has 1 nitrogen and oxygen atoms in total. The van der Waals surface area contributed by atoms with Gasteiger partial charge in [0.15, 0.2) is 0 Å². The molecule has 1 aliphatic carbocycles. The molecular weight excluding hydrogens is 266 g/mol. The van der Waals surface area contributed by atoms with E-state index in [0.717, 1.165) is 17.8 Å². The van der Waals surface area contributed by atoms with Gasteiger partial charge >= 0.3 is 0 Å². The fourth-order valence-electron chi connectivity index (χ4n) is 3.17. The molecule has 0 amide bonds. The Labute approximate surface area is 131 Å². The molecule has 0 heterocycles. The second-order valence-electron chi connectivity index (χ2n) is 5.70. The van der Waals surface area contributed by atoms with Crippen molar-refractivity contribution in [1.82, 2.24) is 0 Å². The Kier molecular flexibility index (Phi) is 3.12. The smallest absolute Gasteiger partial charge is 0.0674 e. The van der Waals surface area contributed by atoms with E-state index in [-0.39, 0.29) is 0 Å². The highest BCUT2D eigenvalue weighted by Gasteiger charge is 2.20. The predicted molar refractivity (Wildman–Crippen MR) is 93.0 cm³/mol. The lowest BCUT2D eigenvalue weighted by atomic mass is 10.0. The van der Waals surface area contributed by atoms with Crippen LogP contribution in [0, 0.1) is 0 Å². The monoisotopic (exact) mass is 283 g/mol. The molecule has 4 rings (SSSR count). The van der Waals surface area contributed by atoms with Crippen LogP contribution in [0.3, 0.4) is 0 Å². The molecule has 3 aromatic rings. The van der Waals surface area contributed by atoms with E-state index >= 15 is 0 Å². The van der Waals surface area contributed by atoms with Gasteiger partial charge in [-0.15, -0.1) is 0 Å². The second kappa shape index (κ2) is 5.27. The lowest BCUT2D eigenvalue weighted by molar-refractivity contribution is 1.25. The van der Waals surface area contributed by atoms with E-state index in [1.165, 1.54) is 27.8 Å². The quantitative estimate of drug-likeness (QED) is 0.437. The molecule has 0 atom stereocenters. The van der Waals surface area contributed by atoms with Gasteiger partial charge in [-0.2, -0.15) is 0 Å². The molecule has 3 aromatic carbocycles. The number of rotatable bonds is 2. The maximum atomic E-state index is 4.90. The Morgan fingerprint density at radius 1 is 0.773 bits per heavy atom. The van der Waals surface area contributed by atoms with Gasteiger partial charge in [-0.1, -0.05) is 66.7 Å². The highest BCUT2D eigenvalue weighted by molar-refractivity contribution is 6.00. The lowest BCUT2D eigenvalue weighted by Gasteiger charge is -2.06. The van der Waals surface area contributed by atoms with E-state index in [9.17, 15) is 0 Å². The van der Waals surface area contributed by atoms with Crippen molar-refractivity contribution in [3.8, 4) is 11.1 Å². The van der Waals surface area contributed by atoms with Crippen molar-refractivity contribution in [2.45, 2.75) is 13.3 Å². The summed E-state index contributed by atoms with van der Waals surface area (Å²) >= 11 is 0. The molecule has 0 saturated carbocycles. The van der Waals surface area contributed by atoms with Crippen LogP contribution in [0.4, 0.5) is 5.69 Å². The SMILES string of the molecule is CC(=Nc1cccc2c1Cc1ccccc1-2)c1ccccc1. The maximum Gasteiger partial charge on any atom is 0.0674 e. The van der Waals surface area contributed by atoms with E-state index in [0.29, 0.717) is 0 Å². The van der Waals surface area contributed by atoms with Crippen molar-refractivity contribution in [2.24, 2.45) is 4.99 Å². The van der Waals surface area contributed by atoms with Gasteiger partial charge in [-0.05, 0) is 40.8 Å². The minimum absolute atomic E-state index is 0.979. The summed E-state index contributed by atoms with van der Waals surface area (Å²) in [7, 11) is 0. The number of fused-ring (bicyclic) bond motifs is 3. The largest absolute Gasteiger partial charge is 0.253 e. The summed E-state index contributed by atoms with van der Waals surface area (Å²) in [4.78, 5) is 4.90. The van der Waals surface area contributed by atoms with Crippen LogP contribution < -0.4 is 0 Å². The summed E-state index contributed by atoms with van der Waals surface area (Å²) in [5, 5.41) is 0. The third-order valence-corrected chi connectivity index (χ3v) is 4.31. The minimum atomic E-state index is 0.979. The first-order chi connectivity index (χ1) is 10.8. The van der Waals surface area contributed by atoms with E-state index in [2.05, 4.69) is 73.7 Å². The van der Waals surface area contributed by atoms with Crippen LogP contribution >= 0.6 is 0 Å². The zero-order valence-electron chi connectivity index (χ0n) is 12.6. The third-order valence-electron chi connectivity index (χ3n) is 4.31. The summed E-state index contributed by atoms with van der Waals surface area (Å²) in [6, 6.07) is 25.4. The van der Waals surface area contributed by atoms with Gasteiger partial charge in [-0.3, -0.25) is 4.99 Å². The lowest BCUT2D eigenvalue weighted by Crippen LogP contribution is -1.94. The molecule has 1 heteroatoms. The average molecular weight is 283 g/mol. The van der Waals surface area contributed by atoms with Crippen LogP contribution in [-0.2, 0) is 6.42 Å². The van der Waals surface area contributed by atoms with Crippen molar-refractivity contribution in [3.05, 3.63) is 89.5 Å². The Morgan fingerprint density at radius 2 is 1.50 bits per heavy atom. The van der Waals surface area contributed by atoms with Crippen LogP contribution in [0.2, 0.25) is 0 Å². The minimum Gasteiger partial charge on any atom is -0.253 e. The molecule has 106 valence electrons. The molecule has 0 saturated heterocycles. The maximum absolute atomic E-state index is 4.90. The number of hydrogen-bond acceptors (Lipinski definition) is 1. The molecule has 0 radical (unpaired) electrons. The molecule has 1 aliphatic rings. The van der Waals surface area contributed by atoms with Gasteiger partial charge < -0.3 is 0 Å². The molecule has 0 spiro atoms. The summed E-state index contributed by atoms with van der Waals surface area (Å²) in [6.07, 6.45) is 0.979. The molecule has 0 aromatic heterocycles. The van der Waals surface area contributed by atoms with E-state index < -0.39 is 0 Å². The number of benzene rings is 3. The van der Waals surface area contributed by atoms with Gasteiger partial charge in [0.25, 0.3) is 0 Å². The Balaban J connectivity index is 1.80. The number of hydrogen-bond donors (Lipinski definition) is 0. The van der Waals surface area contributed by atoms with Gasteiger partial charge in [0.05, 0.1) is 5.69 Å². The van der Waals surface area contributed by atoms with Crippen molar-refractivity contribution in [3.63, 3.8) is 0 Å². The molecular formula is C21H17N. The van der Waals surface area contributed by atoms with Crippen molar-refractivity contribution in [2.75, 3.05) is 0 Å². The predicted octanol–water partition coefficient (Wildman–Crippen LogP) is 5.40. The average Bonchev–Trinajstić information content (AvgIpc) is 2.95. The van der Waals surface area contributed by atoms with E-state index in [4.69, 9.17) is 4.99 Å². The standard InChI is InChI=1S/C21H17N/c1-15(16-8-3-2-4-9-16)22-21-13-7-12-19-18-11-6-5-10-17(18)14-20(19)21/h2-13H,14H2,1H3. The molecule has 22 heavy (non-hydrogen) atoms. The van der Waals surface area contributed by atoms with Gasteiger partial charge in [0, 0.05) is 12.1 Å². The Bertz CT molecular complexity index is 860. The summed E-state index contributed by atoms with van der Waals surface area (Å²) < 4.78 is 0. The second-order valence-corrected chi connectivity index (χ2v) is 5.70. The first kappa shape index (κ1) is 13.0.